The molecule has 1 unspecified atom stereocenters. The maximum absolute atomic E-state index is 5.91. The second-order valence-corrected chi connectivity index (χ2v) is 6.47. The molecule has 1 fully saturated rings. The maximum Gasteiger partial charge on any atom is 0.0349 e. The molecule has 1 aliphatic rings. The third-order valence-electron chi connectivity index (χ3n) is 3.86. The number of fused-ring (bicyclic) bond motifs is 1. The molecule has 1 aromatic carbocycles. The highest BCUT2D eigenvalue weighted by Crippen LogP contribution is 2.32. The van der Waals surface area contributed by atoms with E-state index in [-0.39, 0.29) is 0 Å². The number of rotatable bonds is 3. The van der Waals surface area contributed by atoms with Crippen LogP contribution in [0.15, 0.2) is 24.3 Å². The molecule has 0 amide bonds. The summed E-state index contributed by atoms with van der Waals surface area (Å²) < 4.78 is 1.38. The lowest BCUT2D eigenvalue weighted by Crippen LogP contribution is -2.20. The molecule has 0 radical (unpaired) electrons. The van der Waals surface area contributed by atoms with Crippen LogP contribution in [-0.4, -0.2) is 18.0 Å². The SMILES string of the molecule is CC1CCN(Cc2c(CN)sc3ccccc23)C1. The van der Waals surface area contributed by atoms with Gasteiger partial charge in [0.2, 0.25) is 0 Å². The third kappa shape index (κ3) is 2.18. The fourth-order valence-electron chi connectivity index (χ4n) is 2.88. The zero-order chi connectivity index (χ0) is 12.5. The van der Waals surface area contributed by atoms with Gasteiger partial charge in [-0.3, -0.25) is 4.90 Å². The Morgan fingerprint density at radius 1 is 1.39 bits per heavy atom. The molecule has 1 atom stereocenters. The molecular weight excluding hydrogens is 240 g/mol. The van der Waals surface area contributed by atoms with Crippen LogP contribution < -0.4 is 5.73 Å². The van der Waals surface area contributed by atoms with Gasteiger partial charge in [-0.05, 0) is 35.9 Å². The molecule has 0 bridgehead atoms. The van der Waals surface area contributed by atoms with Gasteiger partial charge in [-0.15, -0.1) is 11.3 Å². The molecule has 2 aromatic rings. The lowest BCUT2D eigenvalue weighted by molar-refractivity contribution is 0.321. The number of nitrogens with zero attached hydrogens (tertiary/aromatic N) is 1. The van der Waals surface area contributed by atoms with Crippen LogP contribution in [0.5, 0.6) is 0 Å². The molecule has 2 heterocycles. The van der Waals surface area contributed by atoms with Crippen molar-refractivity contribution in [3.8, 4) is 0 Å². The minimum absolute atomic E-state index is 0.665. The Labute approximate surface area is 112 Å². The van der Waals surface area contributed by atoms with Crippen LogP contribution in [0.3, 0.4) is 0 Å². The summed E-state index contributed by atoms with van der Waals surface area (Å²) in [6.45, 7) is 6.54. The van der Waals surface area contributed by atoms with Crippen LogP contribution in [0, 0.1) is 5.92 Å². The van der Waals surface area contributed by atoms with Gasteiger partial charge >= 0.3 is 0 Å². The van der Waals surface area contributed by atoms with E-state index < -0.39 is 0 Å². The molecule has 0 saturated carbocycles. The highest BCUT2D eigenvalue weighted by Gasteiger charge is 2.21. The summed E-state index contributed by atoms with van der Waals surface area (Å²) in [5, 5.41) is 1.41. The molecule has 3 heteroatoms. The topological polar surface area (TPSA) is 29.3 Å². The summed E-state index contributed by atoms with van der Waals surface area (Å²) in [6.07, 6.45) is 1.33. The van der Waals surface area contributed by atoms with Gasteiger partial charge in [0, 0.05) is 29.2 Å². The quantitative estimate of drug-likeness (QED) is 0.918. The first kappa shape index (κ1) is 12.2. The third-order valence-corrected chi connectivity index (χ3v) is 5.09. The van der Waals surface area contributed by atoms with Crippen LogP contribution in [0.4, 0.5) is 0 Å². The van der Waals surface area contributed by atoms with Crippen molar-refractivity contribution < 1.29 is 0 Å². The van der Waals surface area contributed by atoms with E-state index in [1.807, 2.05) is 11.3 Å². The Bertz CT molecular complexity index is 546. The van der Waals surface area contributed by atoms with Gasteiger partial charge in [-0.1, -0.05) is 25.1 Å². The molecule has 18 heavy (non-hydrogen) atoms. The van der Waals surface area contributed by atoms with Crippen LogP contribution in [0.1, 0.15) is 23.8 Å². The molecule has 3 rings (SSSR count). The first-order valence-corrected chi connectivity index (χ1v) is 7.51. The fourth-order valence-corrected chi connectivity index (χ4v) is 3.98. The summed E-state index contributed by atoms with van der Waals surface area (Å²) in [4.78, 5) is 3.92. The van der Waals surface area contributed by atoms with E-state index in [4.69, 9.17) is 5.73 Å². The van der Waals surface area contributed by atoms with Crippen LogP contribution in [0.2, 0.25) is 0 Å². The molecule has 2 nitrogen and oxygen atoms in total. The Balaban J connectivity index is 1.94. The monoisotopic (exact) mass is 260 g/mol. The zero-order valence-corrected chi connectivity index (χ0v) is 11.7. The largest absolute Gasteiger partial charge is 0.326 e. The molecule has 0 spiro atoms. The average Bonchev–Trinajstić information content (AvgIpc) is 2.94. The molecule has 1 saturated heterocycles. The van der Waals surface area contributed by atoms with Gasteiger partial charge in [0.1, 0.15) is 0 Å². The Morgan fingerprint density at radius 2 is 2.22 bits per heavy atom. The van der Waals surface area contributed by atoms with Gasteiger partial charge in [0.15, 0.2) is 0 Å². The van der Waals surface area contributed by atoms with E-state index in [0.29, 0.717) is 6.54 Å². The van der Waals surface area contributed by atoms with Crippen molar-refractivity contribution in [2.24, 2.45) is 11.7 Å². The van der Waals surface area contributed by atoms with Gasteiger partial charge in [-0.2, -0.15) is 0 Å². The smallest absolute Gasteiger partial charge is 0.0349 e. The second-order valence-electron chi connectivity index (χ2n) is 5.33. The lowest BCUT2D eigenvalue weighted by Gasteiger charge is -2.16. The number of thiophene rings is 1. The maximum atomic E-state index is 5.91. The van der Waals surface area contributed by atoms with Crippen LogP contribution >= 0.6 is 11.3 Å². The van der Waals surface area contributed by atoms with Gasteiger partial charge < -0.3 is 5.73 Å². The van der Waals surface area contributed by atoms with Crippen molar-refractivity contribution >= 4 is 21.4 Å². The summed E-state index contributed by atoms with van der Waals surface area (Å²) in [7, 11) is 0. The molecule has 1 aromatic heterocycles. The van der Waals surface area contributed by atoms with E-state index in [9.17, 15) is 0 Å². The van der Waals surface area contributed by atoms with Crippen molar-refractivity contribution in [2.75, 3.05) is 13.1 Å². The molecular formula is C15H20N2S. The molecule has 1 aliphatic heterocycles. The minimum atomic E-state index is 0.665. The van der Waals surface area contributed by atoms with Crippen molar-refractivity contribution in [1.29, 1.82) is 0 Å². The molecule has 0 aliphatic carbocycles. The lowest BCUT2D eigenvalue weighted by atomic mass is 10.1. The van der Waals surface area contributed by atoms with E-state index in [2.05, 4.69) is 36.1 Å². The zero-order valence-electron chi connectivity index (χ0n) is 10.9. The summed E-state index contributed by atoms with van der Waals surface area (Å²) in [5.41, 5.74) is 7.37. The van der Waals surface area contributed by atoms with Gasteiger partial charge in [-0.25, -0.2) is 0 Å². The summed E-state index contributed by atoms with van der Waals surface area (Å²) in [6, 6.07) is 8.68. The number of hydrogen-bond donors (Lipinski definition) is 1. The Hall–Kier alpha value is -0.900. The number of hydrogen-bond acceptors (Lipinski definition) is 3. The predicted octanol–water partition coefficient (Wildman–Crippen LogP) is 3.20. The van der Waals surface area contributed by atoms with Gasteiger partial charge in [0.25, 0.3) is 0 Å². The number of benzene rings is 1. The Kier molecular flexibility index (Phi) is 3.37. The van der Waals surface area contributed by atoms with E-state index in [1.54, 1.807) is 0 Å². The van der Waals surface area contributed by atoms with Gasteiger partial charge in [0.05, 0.1) is 0 Å². The van der Waals surface area contributed by atoms with Crippen molar-refractivity contribution in [3.63, 3.8) is 0 Å². The molecule has 2 N–H and O–H groups in total. The van der Waals surface area contributed by atoms with E-state index in [0.717, 1.165) is 12.5 Å². The van der Waals surface area contributed by atoms with E-state index >= 15 is 0 Å². The first-order chi connectivity index (χ1) is 8.78. The first-order valence-electron chi connectivity index (χ1n) is 6.69. The Morgan fingerprint density at radius 3 is 2.94 bits per heavy atom. The normalized spacial score (nSPS) is 20.9. The number of likely N-dealkylation sites (tertiary alicyclic amines) is 1. The minimum Gasteiger partial charge on any atom is -0.326 e. The summed E-state index contributed by atoms with van der Waals surface area (Å²) in [5.74, 6) is 0.844. The predicted molar refractivity (Wildman–Crippen MR) is 78.8 cm³/mol. The highest BCUT2D eigenvalue weighted by atomic mass is 32.1. The van der Waals surface area contributed by atoms with Crippen molar-refractivity contribution in [2.45, 2.75) is 26.4 Å². The highest BCUT2D eigenvalue weighted by molar-refractivity contribution is 7.19. The second kappa shape index (κ2) is 5.00. The fraction of sp³-hybridized carbons (Fsp3) is 0.467. The van der Waals surface area contributed by atoms with Crippen LogP contribution in [-0.2, 0) is 13.1 Å². The molecule has 96 valence electrons. The average molecular weight is 260 g/mol. The van der Waals surface area contributed by atoms with Crippen molar-refractivity contribution in [1.82, 2.24) is 4.90 Å². The van der Waals surface area contributed by atoms with Crippen LogP contribution in [0.25, 0.3) is 10.1 Å². The summed E-state index contributed by atoms with van der Waals surface area (Å²) >= 11 is 1.86. The van der Waals surface area contributed by atoms with E-state index in [1.165, 1.54) is 40.0 Å². The van der Waals surface area contributed by atoms with Crippen molar-refractivity contribution in [3.05, 3.63) is 34.7 Å². The number of nitrogens with two attached hydrogens (primary N) is 1. The standard InChI is InChI=1S/C15H20N2S/c1-11-6-7-17(9-11)10-13-12-4-2-3-5-14(12)18-15(13)8-16/h2-5,11H,6-10,16H2,1H3.